The lowest BCUT2D eigenvalue weighted by atomic mass is 10.0. The van der Waals surface area contributed by atoms with E-state index in [1.807, 2.05) is 77.7 Å². The lowest BCUT2D eigenvalue weighted by Crippen LogP contribution is -2.36. The van der Waals surface area contributed by atoms with Gasteiger partial charge in [-0.05, 0) is 47.7 Å². The van der Waals surface area contributed by atoms with Gasteiger partial charge >= 0.3 is 0 Å². The summed E-state index contributed by atoms with van der Waals surface area (Å²) in [5, 5.41) is 0.667. The third-order valence-electron chi connectivity index (χ3n) is 5.90. The highest BCUT2D eigenvalue weighted by Crippen LogP contribution is 2.38. The Hall–Kier alpha value is -3.37. The number of benzene rings is 3. The van der Waals surface area contributed by atoms with Crippen LogP contribution in [0.4, 0.5) is 5.69 Å². The van der Waals surface area contributed by atoms with Crippen LogP contribution in [-0.2, 0) is 22.4 Å². The number of anilines is 1. The second-order valence-corrected chi connectivity index (χ2v) is 8.19. The number of carbonyl (C=O) groups excluding carboxylic acids is 2. The lowest BCUT2D eigenvalue weighted by molar-refractivity contribution is -0.136. The first-order valence-corrected chi connectivity index (χ1v) is 10.8. The van der Waals surface area contributed by atoms with E-state index in [2.05, 4.69) is 6.07 Å². The SMILES string of the molecule is O=C1C(c2ccccc2)=C(N2CCc3ccccc32)C(=O)N1CCc1ccc(Cl)cc1. The number of carbonyl (C=O) groups is 2. The van der Waals surface area contributed by atoms with E-state index in [-0.39, 0.29) is 11.8 Å². The molecule has 0 saturated heterocycles. The van der Waals surface area contributed by atoms with Crippen LogP contribution in [0.3, 0.4) is 0 Å². The summed E-state index contributed by atoms with van der Waals surface area (Å²) < 4.78 is 0. The molecule has 2 aliphatic heterocycles. The van der Waals surface area contributed by atoms with E-state index in [1.165, 1.54) is 10.5 Å². The Kier molecular flexibility index (Phi) is 5.08. The first-order chi connectivity index (χ1) is 15.1. The molecular formula is C26H21ClN2O2. The predicted molar refractivity (Wildman–Crippen MR) is 123 cm³/mol. The summed E-state index contributed by atoms with van der Waals surface area (Å²) in [6.07, 6.45) is 1.44. The minimum Gasteiger partial charge on any atom is -0.336 e. The first kappa shape index (κ1) is 19.6. The van der Waals surface area contributed by atoms with Crippen LogP contribution in [0.5, 0.6) is 0 Å². The maximum Gasteiger partial charge on any atom is 0.278 e. The average Bonchev–Trinajstić information content (AvgIpc) is 3.32. The summed E-state index contributed by atoms with van der Waals surface area (Å²) in [6.45, 7) is 1.02. The molecule has 2 heterocycles. The first-order valence-electron chi connectivity index (χ1n) is 10.4. The fraction of sp³-hybridized carbons (Fsp3) is 0.154. The van der Waals surface area contributed by atoms with Gasteiger partial charge in [0.25, 0.3) is 11.8 Å². The van der Waals surface area contributed by atoms with Crippen molar-refractivity contribution in [3.8, 4) is 0 Å². The van der Waals surface area contributed by atoms with Gasteiger partial charge in [-0.1, -0.05) is 72.3 Å². The molecule has 0 saturated carbocycles. The van der Waals surface area contributed by atoms with Crippen molar-refractivity contribution in [2.45, 2.75) is 12.8 Å². The molecule has 3 aromatic carbocycles. The van der Waals surface area contributed by atoms with Gasteiger partial charge in [0.05, 0.1) is 5.57 Å². The van der Waals surface area contributed by atoms with Gasteiger partial charge < -0.3 is 4.90 Å². The van der Waals surface area contributed by atoms with Crippen LogP contribution in [-0.4, -0.2) is 29.8 Å². The minimum atomic E-state index is -0.232. The zero-order chi connectivity index (χ0) is 21.4. The molecule has 31 heavy (non-hydrogen) atoms. The molecule has 0 atom stereocenters. The standard InChI is InChI=1S/C26H21ClN2O2/c27-21-12-10-18(11-13-21)14-16-29-25(30)23(20-7-2-1-3-8-20)24(26(29)31)28-17-15-19-6-4-5-9-22(19)28/h1-13H,14-17H2. The van der Waals surface area contributed by atoms with Crippen molar-refractivity contribution in [3.63, 3.8) is 0 Å². The maximum atomic E-state index is 13.6. The number of nitrogens with zero attached hydrogens (tertiary/aromatic N) is 2. The number of hydrogen-bond donors (Lipinski definition) is 0. The molecule has 0 N–H and O–H groups in total. The zero-order valence-corrected chi connectivity index (χ0v) is 17.7. The second kappa shape index (κ2) is 8.05. The van der Waals surface area contributed by atoms with Crippen LogP contribution >= 0.6 is 11.6 Å². The summed E-state index contributed by atoms with van der Waals surface area (Å²) in [7, 11) is 0. The molecule has 0 bridgehead atoms. The fourth-order valence-electron chi connectivity index (χ4n) is 4.34. The number of fused-ring (bicyclic) bond motifs is 1. The van der Waals surface area contributed by atoms with Gasteiger partial charge in [0.15, 0.2) is 0 Å². The molecule has 0 aliphatic carbocycles. The Morgan fingerprint density at radius 3 is 2.29 bits per heavy atom. The summed E-state index contributed by atoms with van der Waals surface area (Å²) >= 11 is 5.97. The van der Waals surface area contributed by atoms with Crippen LogP contribution < -0.4 is 4.90 Å². The summed E-state index contributed by atoms with van der Waals surface area (Å²) in [6, 6.07) is 25.1. The Bertz CT molecular complexity index is 1190. The van der Waals surface area contributed by atoms with Crippen molar-refractivity contribution in [2.24, 2.45) is 0 Å². The van der Waals surface area contributed by atoms with E-state index in [1.54, 1.807) is 0 Å². The number of imide groups is 1. The van der Waals surface area contributed by atoms with Crippen LogP contribution in [0.1, 0.15) is 16.7 Å². The van der Waals surface area contributed by atoms with E-state index in [0.717, 1.165) is 23.2 Å². The molecule has 154 valence electrons. The molecule has 0 aromatic heterocycles. The molecule has 0 fully saturated rings. The molecule has 0 unspecified atom stereocenters. The van der Waals surface area contributed by atoms with Gasteiger partial charge in [-0.25, -0.2) is 0 Å². The van der Waals surface area contributed by atoms with Gasteiger partial charge in [0.1, 0.15) is 5.70 Å². The number of halogens is 1. The van der Waals surface area contributed by atoms with Crippen LogP contribution in [0, 0.1) is 0 Å². The molecule has 0 radical (unpaired) electrons. The molecule has 2 aliphatic rings. The lowest BCUT2D eigenvalue weighted by Gasteiger charge is -2.21. The quantitative estimate of drug-likeness (QED) is 0.552. The van der Waals surface area contributed by atoms with Crippen molar-refractivity contribution in [3.05, 3.63) is 106 Å². The van der Waals surface area contributed by atoms with Crippen molar-refractivity contribution in [2.75, 3.05) is 18.0 Å². The van der Waals surface area contributed by atoms with E-state index in [4.69, 9.17) is 11.6 Å². The number of rotatable bonds is 5. The van der Waals surface area contributed by atoms with Crippen molar-refractivity contribution in [1.82, 2.24) is 4.90 Å². The second-order valence-electron chi connectivity index (χ2n) is 7.76. The minimum absolute atomic E-state index is 0.227. The smallest absolute Gasteiger partial charge is 0.278 e. The van der Waals surface area contributed by atoms with Gasteiger partial charge in [0, 0.05) is 23.8 Å². The van der Waals surface area contributed by atoms with E-state index >= 15 is 0 Å². The largest absolute Gasteiger partial charge is 0.336 e. The maximum absolute atomic E-state index is 13.6. The number of hydrogen-bond acceptors (Lipinski definition) is 3. The van der Waals surface area contributed by atoms with Crippen molar-refractivity contribution >= 4 is 34.7 Å². The Morgan fingerprint density at radius 2 is 1.52 bits per heavy atom. The van der Waals surface area contributed by atoms with Crippen LogP contribution in [0.2, 0.25) is 5.02 Å². The van der Waals surface area contributed by atoms with Crippen molar-refractivity contribution in [1.29, 1.82) is 0 Å². The van der Waals surface area contributed by atoms with Crippen molar-refractivity contribution < 1.29 is 9.59 Å². The monoisotopic (exact) mass is 428 g/mol. The Morgan fingerprint density at radius 1 is 0.806 bits per heavy atom. The van der Waals surface area contributed by atoms with Crippen LogP contribution in [0.15, 0.2) is 84.6 Å². The molecule has 3 aromatic rings. The van der Waals surface area contributed by atoms with E-state index < -0.39 is 0 Å². The van der Waals surface area contributed by atoms with E-state index in [9.17, 15) is 9.59 Å². The highest BCUT2D eigenvalue weighted by Gasteiger charge is 2.42. The number of para-hydroxylation sites is 1. The third-order valence-corrected chi connectivity index (χ3v) is 6.15. The molecule has 0 spiro atoms. The average molecular weight is 429 g/mol. The third kappa shape index (κ3) is 3.53. The molecular weight excluding hydrogens is 408 g/mol. The van der Waals surface area contributed by atoms with Crippen LogP contribution in [0.25, 0.3) is 5.57 Å². The molecule has 2 amide bonds. The zero-order valence-electron chi connectivity index (χ0n) is 16.9. The summed E-state index contributed by atoms with van der Waals surface area (Å²) in [5.74, 6) is -0.459. The van der Waals surface area contributed by atoms with Gasteiger partial charge in [-0.15, -0.1) is 0 Å². The number of amides is 2. The van der Waals surface area contributed by atoms with E-state index in [0.29, 0.717) is 35.8 Å². The summed E-state index contributed by atoms with van der Waals surface area (Å²) in [5.41, 5.74) is 4.98. The fourth-order valence-corrected chi connectivity index (χ4v) is 4.47. The Balaban J connectivity index is 1.51. The normalized spacial score (nSPS) is 15.8. The Labute approximate surface area is 186 Å². The molecule has 5 rings (SSSR count). The van der Waals surface area contributed by atoms with Gasteiger partial charge in [-0.3, -0.25) is 14.5 Å². The molecule has 4 nitrogen and oxygen atoms in total. The highest BCUT2D eigenvalue weighted by molar-refractivity contribution is 6.36. The van der Waals surface area contributed by atoms with Gasteiger partial charge in [0.2, 0.25) is 0 Å². The summed E-state index contributed by atoms with van der Waals surface area (Å²) in [4.78, 5) is 30.4. The molecule has 5 heteroatoms. The highest BCUT2D eigenvalue weighted by atomic mass is 35.5. The van der Waals surface area contributed by atoms with Gasteiger partial charge in [-0.2, -0.15) is 0 Å². The topological polar surface area (TPSA) is 40.6 Å². The predicted octanol–water partition coefficient (Wildman–Crippen LogP) is 4.73.